The van der Waals surface area contributed by atoms with Crippen molar-refractivity contribution >= 4 is 12.2 Å². The molecule has 0 saturated heterocycles. The molecule has 0 fully saturated rings. The number of hydrogen-bond donors (Lipinski definition) is 1. The van der Waals surface area contributed by atoms with Gasteiger partial charge in [-0.15, -0.1) is 0 Å². The minimum Gasteiger partial charge on any atom is -0.497 e. The average Bonchev–Trinajstić information content (AvgIpc) is 3.00. The summed E-state index contributed by atoms with van der Waals surface area (Å²) >= 11 is 5.40. The second-order valence-electron chi connectivity index (χ2n) is 5.30. The van der Waals surface area contributed by atoms with Crippen LogP contribution in [0.3, 0.4) is 0 Å². The van der Waals surface area contributed by atoms with E-state index in [-0.39, 0.29) is 0 Å². The molecule has 0 spiro atoms. The average molecular weight is 341 g/mol. The van der Waals surface area contributed by atoms with Crippen LogP contribution in [0.4, 0.5) is 0 Å². The molecule has 1 aromatic heterocycles. The highest BCUT2D eigenvalue weighted by molar-refractivity contribution is 7.71. The molecule has 0 aliphatic rings. The highest BCUT2D eigenvalue weighted by Crippen LogP contribution is 2.24. The molecule has 0 radical (unpaired) electrons. The van der Waals surface area contributed by atoms with Gasteiger partial charge >= 0.3 is 0 Å². The number of aromatic nitrogens is 3. The Morgan fingerprint density at radius 2 is 1.75 bits per heavy atom. The van der Waals surface area contributed by atoms with Gasteiger partial charge in [-0.3, -0.25) is 9.67 Å². The first-order valence-electron chi connectivity index (χ1n) is 7.65. The van der Waals surface area contributed by atoms with Crippen molar-refractivity contribution in [2.45, 2.75) is 12.8 Å². The van der Waals surface area contributed by atoms with E-state index in [0.717, 1.165) is 35.9 Å². The number of rotatable bonds is 6. The third-order valence-corrected chi connectivity index (χ3v) is 4.14. The van der Waals surface area contributed by atoms with Crippen LogP contribution in [-0.4, -0.2) is 29.0 Å². The van der Waals surface area contributed by atoms with Crippen molar-refractivity contribution < 1.29 is 9.47 Å². The maximum absolute atomic E-state index is 5.44. The van der Waals surface area contributed by atoms with Crippen molar-refractivity contribution in [2.24, 2.45) is 0 Å². The van der Waals surface area contributed by atoms with Crippen molar-refractivity contribution in [3.05, 3.63) is 64.7 Å². The highest BCUT2D eigenvalue weighted by atomic mass is 32.1. The van der Waals surface area contributed by atoms with E-state index in [4.69, 9.17) is 21.7 Å². The van der Waals surface area contributed by atoms with Gasteiger partial charge in [-0.25, -0.2) is 0 Å². The lowest BCUT2D eigenvalue weighted by Gasteiger charge is -2.11. The number of nitrogens with one attached hydrogen (secondary N) is 1. The summed E-state index contributed by atoms with van der Waals surface area (Å²) in [5.74, 6) is 2.50. The molecule has 1 N–H and O–H groups in total. The van der Waals surface area contributed by atoms with Crippen molar-refractivity contribution in [3.63, 3.8) is 0 Å². The van der Waals surface area contributed by atoms with Crippen LogP contribution in [0.15, 0.2) is 48.5 Å². The standard InChI is InChI=1S/C18H19N3O2S/c1-22-14-10-7-13(8-11-14)9-12-17-19-20-18(24)21(17)15-5-3-4-6-16(15)23-2/h3-8,10-11H,9,12H2,1-2H3,(H,20,24). The summed E-state index contributed by atoms with van der Waals surface area (Å²) in [5.41, 5.74) is 2.11. The number of para-hydroxylation sites is 2. The van der Waals surface area contributed by atoms with Crippen LogP contribution in [0.5, 0.6) is 11.5 Å². The third-order valence-electron chi connectivity index (χ3n) is 3.86. The van der Waals surface area contributed by atoms with Gasteiger partial charge in [0.05, 0.1) is 19.9 Å². The smallest absolute Gasteiger partial charge is 0.199 e. The van der Waals surface area contributed by atoms with Gasteiger partial charge in [0.15, 0.2) is 4.77 Å². The quantitative estimate of drug-likeness (QED) is 0.694. The fourth-order valence-electron chi connectivity index (χ4n) is 2.61. The SMILES string of the molecule is COc1ccc(CCc2n[nH]c(=S)n2-c2ccccc2OC)cc1. The predicted molar refractivity (Wildman–Crippen MR) is 95.7 cm³/mol. The van der Waals surface area contributed by atoms with Crippen molar-refractivity contribution in [1.29, 1.82) is 0 Å². The first kappa shape index (κ1) is 16.3. The molecule has 0 amide bonds. The summed E-state index contributed by atoms with van der Waals surface area (Å²) in [6.45, 7) is 0. The Kier molecular flexibility index (Phi) is 4.96. The second kappa shape index (κ2) is 7.31. The molecule has 124 valence electrons. The number of benzene rings is 2. The zero-order chi connectivity index (χ0) is 16.9. The van der Waals surface area contributed by atoms with E-state index in [9.17, 15) is 0 Å². The van der Waals surface area contributed by atoms with Crippen molar-refractivity contribution in [2.75, 3.05) is 14.2 Å². The van der Waals surface area contributed by atoms with Gasteiger partial charge in [-0.05, 0) is 48.5 Å². The fraction of sp³-hybridized carbons (Fsp3) is 0.222. The van der Waals surface area contributed by atoms with Gasteiger partial charge in [0.25, 0.3) is 0 Å². The van der Waals surface area contributed by atoms with E-state index in [1.807, 2.05) is 41.0 Å². The van der Waals surface area contributed by atoms with Crippen LogP contribution in [0, 0.1) is 4.77 Å². The van der Waals surface area contributed by atoms with Crippen LogP contribution in [-0.2, 0) is 12.8 Å². The first-order chi connectivity index (χ1) is 11.7. The Labute approximate surface area is 145 Å². The Hall–Kier alpha value is -2.60. The number of methoxy groups -OCH3 is 2. The number of aryl methyl sites for hydroxylation is 2. The van der Waals surface area contributed by atoms with Crippen LogP contribution >= 0.6 is 12.2 Å². The van der Waals surface area contributed by atoms with Gasteiger partial charge in [-0.2, -0.15) is 5.10 Å². The predicted octanol–water partition coefficient (Wildman–Crippen LogP) is 3.73. The second-order valence-corrected chi connectivity index (χ2v) is 5.69. The van der Waals surface area contributed by atoms with E-state index in [2.05, 4.69) is 22.3 Å². The summed E-state index contributed by atoms with van der Waals surface area (Å²) in [4.78, 5) is 0. The van der Waals surface area contributed by atoms with Gasteiger partial charge < -0.3 is 9.47 Å². The van der Waals surface area contributed by atoms with Gasteiger partial charge in [0.2, 0.25) is 0 Å². The van der Waals surface area contributed by atoms with E-state index >= 15 is 0 Å². The van der Waals surface area contributed by atoms with Gasteiger partial charge in [0.1, 0.15) is 17.3 Å². The topological polar surface area (TPSA) is 52.1 Å². The Balaban J connectivity index is 1.86. The van der Waals surface area contributed by atoms with E-state index in [1.165, 1.54) is 5.56 Å². The van der Waals surface area contributed by atoms with Crippen molar-refractivity contribution in [3.8, 4) is 17.2 Å². The van der Waals surface area contributed by atoms with E-state index < -0.39 is 0 Å². The van der Waals surface area contributed by atoms with Crippen molar-refractivity contribution in [1.82, 2.24) is 14.8 Å². The molecule has 0 aliphatic heterocycles. The van der Waals surface area contributed by atoms with E-state index in [1.54, 1.807) is 14.2 Å². The number of aromatic amines is 1. The molecule has 2 aromatic carbocycles. The van der Waals surface area contributed by atoms with Crippen LogP contribution in [0.2, 0.25) is 0 Å². The molecule has 5 nitrogen and oxygen atoms in total. The molecule has 24 heavy (non-hydrogen) atoms. The molecular weight excluding hydrogens is 322 g/mol. The zero-order valence-corrected chi connectivity index (χ0v) is 14.5. The molecule has 0 unspecified atom stereocenters. The van der Waals surface area contributed by atoms with Crippen LogP contribution < -0.4 is 9.47 Å². The molecular formula is C18H19N3O2S. The minimum absolute atomic E-state index is 0.559. The summed E-state index contributed by atoms with van der Waals surface area (Å²) < 4.78 is 13.1. The summed E-state index contributed by atoms with van der Waals surface area (Å²) in [7, 11) is 3.32. The molecule has 1 heterocycles. The number of hydrogen-bond acceptors (Lipinski definition) is 4. The third kappa shape index (κ3) is 3.33. The summed E-state index contributed by atoms with van der Waals surface area (Å²) in [5, 5.41) is 7.26. The molecule has 3 aromatic rings. The molecule has 0 saturated carbocycles. The van der Waals surface area contributed by atoms with Crippen LogP contribution in [0.1, 0.15) is 11.4 Å². The number of ether oxygens (including phenoxy) is 2. The number of nitrogens with zero attached hydrogens (tertiary/aromatic N) is 2. The minimum atomic E-state index is 0.559. The monoisotopic (exact) mass is 341 g/mol. The molecule has 0 bridgehead atoms. The maximum atomic E-state index is 5.44. The molecule has 0 aliphatic carbocycles. The van der Waals surface area contributed by atoms with Gasteiger partial charge in [0, 0.05) is 6.42 Å². The van der Waals surface area contributed by atoms with Crippen LogP contribution in [0.25, 0.3) is 5.69 Å². The van der Waals surface area contributed by atoms with E-state index in [0.29, 0.717) is 4.77 Å². The van der Waals surface area contributed by atoms with Gasteiger partial charge in [-0.1, -0.05) is 24.3 Å². The normalized spacial score (nSPS) is 10.6. The number of H-pyrrole nitrogens is 1. The molecule has 6 heteroatoms. The lowest BCUT2D eigenvalue weighted by molar-refractivity contribution is 0.412. The zero-order valence-electron chi connectivity index (χ0n) is 13.7. The Morgan fingerprint density at radius 1 is 1.00 bits per heavy atom. The lowest BCUT2D eigenvalue weighted by Crippen LogP contribution is -2.05. The highest BCUT2D eigenvalue weighted by Gasteiger charge is 2.12. The maximum Gasteiger partial charge on any atom is 0.199 e. The largest absolute Gasteiger partial charge is 0.497 e. The first-order valence-corrected chi connectivity index (χ1v) is 8.06. The Bertz CT molecular complexity index is 868. The Morgan fingerprint density at radius 3 is 2.46 bits per heavy atom. The lowest BCUT2D eigenvalue weighted by atomic mass is 10.1. The summed E-state index contributed by atoms with van der Waals surface area (Å²) in [6, 6.07) is 15.8. The molecule has 3 rings (SSSR count). The molecule has 0 atom stereocenters. The fourth-order valence-corrected chi connectivity index (χ4v) is 2.86. The summed E-state index contributed by atoms with van der Waals surface area (Å²) in [6.07, 6.45) is 1.62.